The van der Waals surface area contributed by atoms with Crippen molar-refractivity contribution in [3.63, 3.8) is 0 Å². The molecule has 0 saturated heterocycles. The highest BCUT2D eigenvalue weighted by molar-refractivity contribution is 9.12. The smallest absolute Gasteiger partial charge is 0.0731 e. The van der Waals surface area contributed by atoms with Crippen LogP contribution in [0.2, 0.25) is 0 Å². The van der Waals surface area contributed by atoms with Crippen molar-refractivity contribution >= 4 is 39.7 Å². The van der Waals surface area contributed by atoms with E-state index in [4.69, 9.17) is 14.2 Å². The van der Waals surface area contributed by atoms with E-state index in [1.165, 1.54) is 0 Å². The predicted molar refractivity (Wildman–Crippen MR) is 93.7 cm³/mol. The van der Waals surface area contributed by atoms with Crippen molar-refractivity contribution < 1.29 is 14.2 Å². The second-order valence-corrected chi connectivity index (χ2v) is 14.2. The zero-order valence-electron chi connectivity index (χ0n) is 12.8. The normalized spacial score (nSPS) is 18.0. The van der Waals surface area contributed by atoms with Crippen LogP contribution in [-0.4, -0.2) is 56.9 Å². The third-order valence-electron chi connectivity index (χ3n) is 2.45. The molecule has 0 aliphatic heterocycles. The molecule has 3 nitrogen and oxygen atoms in total. The number of rotatable bonds is 12. The molecule has 0 aromatic heterocycles. The van der Waals surface area contributed by atoms with Crippen LogP contribution in [0.5, 0.6) is 0 Å². The van der Waals surface area contributed by atoms with Crippen molar-refractivity contribution in [2.24, 2.45) is 0 Å². The van der Waals surface area contributed by atoms with Crippen LogP contribution in [0.15, 0.2) is 0 Å². The molecule has 19 heavy (non-hydrogen) atoms. The van der Waals surface area contributed by atoms with Gasteiger partial charge < -0.3 is 14.2 Å². The molecule has 3 unspecified atom stereocenters. The van der Waals surface area contributed by atoms with Gasteiger partial charge in [0.2, 0.25) is 0 Å². The van der Waals surface area contributed by atoms with Gasteiger partial charge in [-0.3, -0.25) is 0 Å². The van der Waals surface area contributed by atoms with E-state index in [2.05, 4.69) is 20.8 Å². The standard InChI is InChI=1S/C12H27O3PS3/c1-10(13-4)7-17-16(18-8-11(2)14-5)19-9-12(3)15-6/h10-12H,7-9H2,1-6H3. The first-order valence-electron chi connectivity index (χ1n) is 6.30. The van der Waals surface area contributed by atoms with E-state index in [9.17, 15) is 0 Å². The number of ether oxygens (including phenoxy) is 3. The van der Waals surface area contributed by atoms with Gasteiger partial charge in [0.25, 0.3) is 0 Å². The van der Waals surface area contributed by atoms with Gasteiger partial charge in [0.1, 0.15) is 0 Å². The SMILES string of the molecule is COC(C)CSP(SCC(C)OC)SCC(C)OC. The molecule has 7 heteroatoms. The Kier molecular flexibility index (Phi) is 14.0. The molecule has 0 N–H and O–H groups in total. The minimum atomic E-state index is -0.165. The van der Waals surface area contributed by atoms with E-state index in [-0.39, 0.29) is 5.53 Å². The second kappa shape index (κ2) is 13.1. The average molecular weight is 347 g/mol. The molecule has 0 aliphatic carbocycles. The summed E-state index contributed by atoms with van der Waals surface area (Å²) < 4.78 is 15.9. The van der Waals surface area contributed by atoms with Gasteiger partial charge in [-0.2, -0.15) is 0 Å². The molecule has 0 fully saturated rings. The lowest BCUT2D eigenvalue weighted by Crippen LogP contribution is -2.09. The fourth-order valence-electron chi connectivity index (χ4n) is 0.813. The summed E-state index contributed by atoms with van der Waals surface area (Å²) in [6, 6.07) is 0. The molecule has 0 amide bonds. The predicted octanol–water partition coefficient (Wildman–Crippen LogP) is 4.52. The lowest BCUT2D eigenvalue weighted by atomic mass is 10.5. The van der Waals surface area contributed by atoms with Gasteiger partial charge in [0.05, 0.1) is 23.8 Å². The third-order valence-corrected chi connectivity index (χ3v) is 13.9. The lowest BCUT2D eigenvalue weighted by Gasteiger charge is -2.20. The maximum atomic E-state index is 5.32. The van der Waals surface area contributed by atoms with Gasteiger partial charge in [0, 0.05) is 38.6 Å². The van der Waals surface area contributed by atoms with Crippen molar-refractivity contribution in [1.82, 2.24) is 0 Å². The summed E-state index contributed by atoms with van der Waals surface area (Å²) in [7, 11) is 5.31. The van der Waals surface area contributed by atoms with Crippen molar-refractivity contribution in [1.29, 1.82) is 0 Å². The minimum absolute atomic E-state index is 0.165. The monoisotopic (exact) mass is 346 g/mol. The van der Waals surface area contributed by atoms with Crippen LogP contribution in [0.25, 0.3) is 0 Å². The Balaban J connectivity index is 4.06. The Labute approximate surface area is 131 Å². The molecule has 0 aromatic carbocycles. The fraction of sp³-hybridized carbons (Fsp3) is 1.00. The molecule has 0 spiro atoms. The third kappa shape index (κ3) is 11.7. The first kappa shape index (κ1) is 20.4. The Morgan fingerprint density at radius 1 is 0.684 bits per heavy atom. The molecule has 0 heterocycles. The summed E-state index contributed by atoms with van der Waals surface area (Å²) in [6.45, 7) is 6.35. The summed E-state index contributed by atoms with van der Waals surface area (Å²) in [5.74, 6) is 3.14. The molecule has 0 aromatic rings. The van der Waals surface area contributed by atoms with Crippen LogP contribution in [0.1, 0.15) is 20.8 Å². The van der Waals surface area contributed by atoms with Gasteiger partial charge in [0.15, 0.2) is 0 Å². The summed E-state index contributed by atoms with van der Waals surface area (Å²) in [4.78, 5) is 0. The van der Waals surface area contributed by atoms with Crippen LogP contribution in [0.3, 0.4) is 0 Å². The second-order valence-electron chi connectivity index (χ2n) is 4.25. The quantitative estimate of drug-likeness (QED) is 0.483. The van der Waals surface area contributed by atoms with E-state index in [0.717, 1.165) is 17.3 Å². The molecular weight excluding hydrogens is 319 g/mol. The molecule has 0 rings (SSSR count). The van der Waals surface area contributed by atoms with Crippen molar-refractivity contribution in [3.05, 3.63) is 0 Å². The highest BCUT2D eigenvalue weighted by atomic mass is 33.4. The summed E-state index contributed by atoms with van der Waals surface area (Å²) in [6.07, 6.45) is 0.947. The topological polar surface area (TPSA) is 27.7 Å². The van der Waals surface area contributed by atoms with Gasteiger partial charge in [-0.05, 0) is 20.8 Å². The maximum Gasteiger partial charge on any atom is 0.0731 e. The fourth-order valence-corrected chi connectivity index (χ4v) is 11.4. The van der Waals surface area contributed by atoms with Crippen molar-refractivity contribution in [2.45, 2.75) is 39.1 Å². The Bertz CT molecular complexity index is 179. The van der Waals surface area contributed by atoms with E-state index in [1.54, 1.807) is 21.3 Å². The van der Waals surface area contributed by atoms with Gasteiger partial charge in [-0.25, -0.2) is 0 Å². The first-order chi connectivity index (χ1) is 9.03. The average Bonchev–Trinajstić information content (AvgIpc) is 2.44. The lowest BCUT2D eigenvalue weighted by molar-refractivity contribution is 0.138. The summed E-state index contributed by atoms with van der Waals surface area (Å²) >= 11 is 6.04. The van der Waals surface area contributed by atoms with Crippen LogP contribution in [0, 0.1) is 0 Å². The van der Waals surface area contributed by atoms with Gasteiger partial charge >= 0.3 is 0 Å². The van der Waals surface area contributed by atoms with Crippen molar-refractivity contribution in [3.8, 4) is 0 Å². The largest absolute Gasteiger partial charge is 0.381 e. The molecule has 116 valence electrons. The number of hydrogen-bond donors (Lipinski definition) is 0. The Hall–Kier alpha value is 1.36. The Morgan fingerprint density at radius 2 is 0.947 bits per heavy atom. The Morgan fingerprint density at radius 3 is 1.16 bits per heavy atom. The number of hydrogen-bond acceptors (Lipinski definition) is 6. The van der Waals surface area contributed by atoms with Crippen LogP contribution >= 0.6 is 39.7 Å². The highest BCUT2D eigenvalue weighted by Crippen LogP contribution is 2.70. The first-order valence-corrected chi connectivity index (χ1v) is 12.4. The van der Waals surface area contributed by atoms with E-state index >= 15 is 0 Å². The van der Waals surface area contributed by atoms with Crippen LogP contribution < -0.4 is 0 Å². The van der Waals surface area contributed by atoms with Gasteiger partial charge in [-0.15, -0.1) is 34.1 Å². The van der Waals surface area contributed by atoms with E-state index in [1.807, 2.05) is 34.1 Å². The van der Waals surface area contributed by atoms with Crippen molar-refractivity contribution in [2.75, 3.05) is 38.6 Å². The zero-order valence-corrected chi connectivity index (χ0v) is 16.1. The zero-order chi connectivity index (χ0) is 14.7. The molecular formula is C12H27O3PS3. The van der Waals surface area contributed by atoms with Gasteiger partial charge in [-0.1, -0.05) is 0 Å². The molecule has 0 aliphatic rings. The van der Waals surface area contributed by atoms with Crippen LogP contribution in [0.4, 0.5) is 0 Å². The molecule has 3 atom stereocenters. The summed E-state index contributed by atoms with van der Waals surface area (Å²) in [5, 5.41) is 0. The molecule has 0 bridgehead atoms. The van der Waals surface area contributed by atoms with E-state index in [0.29, 0.717) is 18.3 Å². The maximum absolute atomic E-state index is 5.32. The molecule has 0 radical (unpaired) electrons. The number of methoxy groups -OCH3 is 3. The minimum Gasteiger partial charge on any atom is -0.381 e. The molecule has 0 saturated carbocycles. The summed E-state index contributed by atoms with van der Waals surface area (Å²) in [5.41, 5.74) is -0.165. The highest BCUT2D eigenvalue weighted by Gasteiger charge is 2.16. The van der Waals surface area contributed by atoms with E-state index < -0.39 is 0 Å². The van der Waals surface area contributed by atoms with Crippen LogP contribution in [-0.2, 0) is 14.2 Å².